The minimum atomic E-state index is -4.21. The number of benzene rings is 1. The number of aliphatic hydroxyl groups is 1. The summed E-state index contributed by atoms with van der Waals surface area (Å²) in [4.78, 5) is 1.31. The molecule has 2 nitrogen and oxygen atoms in total. The van der Waals surface area contributed by atoms with Gasteiger partial charge in [0.05, 0.1) is 6.10 Å². The number of halogens is 3. The van der Waals surface area contributed by atoms with E-state index >= 15 is 0 Å². The zero-order chi connectivity index (χ0) is 14.5. The molecule has 0 aliphatic carbocycles. The van der Waals surface area contributed by atoms with Crippen molar-refractivity contribution in [1.82, 2.24) is 0 Å². The average molecular weight is 275 g/mol. The van der Waals surface area contributed by atoms with Crippen molar-refractivity contribution < 1.29 is 18.3 Å². The van der Waals surface area contributed by atoms with Crippen molar-refractivity contribution >= 4 is 5.69 Å². The van der Waals surface area contributed by atoms with Gasteiger partial charge in [0, 0.05) is 12.2 Å². The smallest absolute Gasteiger partial charge is 0.388 e. The number of nitrogens with zero attached hydrogens (tertiary/aromatic N) is 1. The Bertz CT molecular complexity index is 375. The van der Waals surface area contributed by atoms with E-state index in [9.17, 15) is 18.3 Å². The second kappa shape index (κ2) is 6.80. The molecule has 0 unspecified atom stereocenters. The normalized spacial score (nSPS) is 13.4. The second-order valence-electron chi connectivity index (χ2n) is 4.55. The Balaban J connectivity index is 2.85. The predicted octanol–water partition coefficient (Wildman–Crippen LogP) is 3.91. The minimum absolute atomic E-state index is 0.356. The second-order valence-corrected chi connectivity index (χ2v) is 4.55. The fraction of sp³-hybridized carbons (Fsp3) is 0.571. The van der Waals surface area contributed by atoms with Crippen LogP contribution in [0.5, 0.6) is 0 Å². The SMILES string of the molecule is CCCN(CC(F)(F)F)c1ccc([C@@H](O)CC)cc1. The van der Waals surface area contributed by atoms with E-state index in [4.69, 9.17) is 0 Å². The van der Waals surface area contributed by atoms with Gasteiger partial charge >= 0.3 is 6.18 Å². The van der Waals surface area contributed by atoms with Crippen LogP contribution in [0.2, 0.25) is 0 Å². The fourth-order valence-corrected chi connectivity index (χ4v) is 1.93. The monoisotopic (exact) mass is 275 g/mol. The van der Waals surface area contributed by atoms with E-state index in [0.29, 0.717) is 25.1 Å². The lowest BCUT2D eigenvalue weighted by molar-refractivity contribution is -0.119. The van der Waals surface area contributed by atoms with Crippen LogP contribution < -0.4 is 4.90 Å². The van der Waals surface area contributed by atoms with Gasteiger partial charge in [-0.3, -0.25) is 0 Å². The Morgan fingerprint density at radius 2 is 1.74 bits per heavy atom. The first-order chi connectivity index (χ1) is 8.87. The summed E-state index contributed by atoms with van der Waals surface area (Å²) < 4.78 is 37.5. The van der Waals surface area contributed by atoms with Gasteiger partial charge in [0.1, 0.15) is 6.54 Å². The molecular formula is C14H20F3NO. The number of rotatable bonds is 6. The molecule has 1 N–H and O–H groups in total. The lowest BCUT2D eigenvalue weighted by Gasteiger charge is -2.26. The average Bonchev–Trinajstić information content (AvgIpc) is 2.36. The van der Waals surface area contributed by atoms with E-state index in [2.05, 4.69) is 0 Å². The summed E-state index contributed by atoms with van der Waals surface area (Å²) >= 11 is 0. The summed E-state index contributed by atoms with van der Waals surface area (Å²) in [5.41, 5.74) is 1.26. The number of aliphatic hydroxyl groups excluding tert-OH is 1. The third-order valence-electron chi connectivity index (χ3n) is 2.89. The van der Waals surface area contributed by atoms with E-state index < -0.39 is 18.8 Å². The highest BCUT2D eigenvalue weighted by Crippen LogP contribution is 2.24. The van der Waals surface area contributed by atoms with Gasteiger partial charge in [-0.25, -0.2) is 0 Å². The van der Waals surface area contributed by atoms with Gasteiger partial charge in [-0.15, -0.1) is 0 Å². The number of alkyl halides is 3. The molecule has 108 valence electrons. The lowest BCUT2D eigenvalue weighted by atomic mass is 10.1. The Hall–Kier alpha value is -1.23. The van der Waals surface area contributed by atoms with E-state index in [1.165, 1.54) is 4.90 Å². The third-order valence-corrected chi connectivity index (χ3v) is 2.89. The number of hydrogen-bond donors (Lipinski definition) is 1. The quantitative estimate of drug-likeness (QED) is 0.851. The maximum absolute atomic E-state index is 12.5. The largest absolute Gasteiger partial charge is 0.405 e. The van der Waals surface area contributed by atoms with E-state index in [1.807, 2.05) is 13.8 Å². The van der Waals surface area contributed by atoms with E-state index in [1.54, 1.807) is 24.3 Å². The minimum Gasteiger partial charge on any atom is -0.388 e. The first-order valence-electron chi connectivity index (χ1n) is 6.47. The standard InChI is InChI=1S/C14H20F3NO/c1-3-9-18(10-14(15,16)17)12-7-5-11(6-8-12)13(19)4-2/h5-8,13,19H,3-4,9-10H2,1-2H3/t13-/m0/s1. The van der Waals surface area contributed by atoms with Crippen molar-refractivity contribution in [1.29, 1.82) is 0 Å². The zero-order valence-electron chi connectivity index (χ0n) is 11.2. The maximum Gasteiger partial charge on any atom is 0.405 e. The molecule has 0 aliphatic rings. The predicted molar refractivity (Wildman–Crippen MR) is 70.3 cm³/mol. The molecule has 0 saturated carbocycles. The van der Waals surface area contributed by atoms with Crippen LogP contribution in [-0.2, 0) is 0 Å². The Kier molecular flexibility index (Phi) is 5.66. The highest BCUT2D eigenvalue weighted by atomic mass is 19.4. The van der Waals surface area contributed by atoms with Gasteiger partial charge in [-0.2, -0.15) is 13.2 Å². The molecule has 0 radical (unpaired) electrons. The molecule has 0 bridgehead atoms. The molecule has 1 rings (SSSR count). The Morgan fingerprint density at radius 1 is 1.16 bits per heavy atom. The first kappa shape index (κ1) is 15.8. The van der Waals surface area contributed by atoms with E-state index in [0.717, 1.165) is 5.56 Å². The molecule has 1 aromatic rings. The maximum atomic E-state index is 12.5. The van der Waals surface area contributed by atoms with Crippen molar-refractivity contribution in [3.63, 3.8) is 0 Å². The van der Waals surface area contributed by atoms with Crippen molar-refractivity contribution in [2.24, 2.45) is 0 Å². The van der Waals surface area contributed by atoms with Gasteiger partial charge in [0.15, 0.2) is 0 Å². The molecule has 0 saturated heterocycles. The van der Waals surface area contributed by atoms with Crippen LogP contribution >= 0.6 is 0 Å². The molecule has 0 aliphatic heterocycles. The molecule has 0 spiro atoms. The highest BCUT2D eigenvalue weighted by Gasteiger charge is 2.30. The summed E-state index contributed by atoms with van der Waals surface area (Å²) in [6.45, 7) is 3.11. The molecule has 0 fully saturated rings. The van der Waals surface area contributed by atoms with Crippen molar-refractivity contribution in [2.75, 3.05) is 18.0 Å². The fourth-order valence-electron chi connectivity index (χ4n) is 1.93. The summed E-state index contributed by atoms with van der Waals surface area (Å²) in [6, 6.07) is 6.64. The van der Waals surface area contributed by atoms with Crippen LogP contribution in [0.3, 0.4) is 0 Å². The summed E-state index contributed by atoms with van der Waals surface area (Å²) in [7, 11) is 0. The van der Waals surface area contributed by atoms with Gasteiger partial charge in [0.25, 0.3) is 0 Å². The summed E-state index contributed by atoms with van der Waals surface area (Å²) in [5.74, 6) is 0. The molecule has 0 amide bonds. The Morgan fingerprint density at radius 3 is 2.16 bits per heavy atom. The topological polar surface area (TPSA) is 23.5 Å². The molecular weight excluding hydrogens is 255 g/mol. The summed E-state index contributed by atoms with van der Waals surface area (Å²) in [5, 5.41) is 9.65. The summed E-state index contributed by atoms with van der Waals surface area (Å²) in [6.07, 6.45) is -3.54. The van der Waals surface area contributed by atoms with Crippen LogP contribution in [0.4, 0.5) is 18.9 Å². The molecule has 1 atom stereocenters. The van der Waals surface area contributed by atoms with Gasteiger partial charge < -0.3 is 10.0 Å². The van der Waals surface area contributed by atoms with Crippen LogP contribution in [0.1, 0.15) is 38.4 Å². The first-order valence-corrected chi connectivity index (χ1v) is 6.47. The Labute approximate surface area is 111 Å². The van der Waals surface area contributed by atoms with Gasteiger partial charge in [-0.05, 0) is 30.5 Å². The van der Waals surface area contributed by atoms with Crippen LogP contribution in [0.15, 0.2) is 24.3 Å². The van der Waals surface area contributed by atoms with Crippen LogP contribution in [-0.4, -0.2) is 24.4 Å². The van der Waals surface area contributed by atoms with Gasteiger partial charge in [0.2, 0.25) is 0 Å². The molecule has 0 aromatic heterocycles. The highest BCUT2D eigenvalue weighted by molar-refractivity contribution is 5.48. The van der Waals surface area contributed by atoms with Crippen LogP contribution in [0, 0.1) is 0 Å². The van der Waals surface area contributed by atoms with E-state index in [-0.39, 0.29) is 0 Å². The number of anilines is 1. The molecule has 5 heteroatoms. The molecule has 0 heterocycles. The van der Waals surface area contributed by atoms with Crippen LogP contribution in [0.25, 0.3) is 0 Å². The molecule has 19 heavy (non-hydrogen) atoms. The van der Waals surface area contributed by atoms with Crippen molar-refractivity contribution in [2.45, 2.75) is 39.0 Å². The zero-order valence-corrected chi connectivity index (χ0v) is 11.2. The molecule has 1 aromatic carbocycles. The number of hydrogen-bond acceptors (Lipinski definition) is 2. The third kappa shape index (κ3) is 5.11. The van der Waals surface area contributed by atoms with Crippen molar-refractivity contribution in [3.8, 4) is 0 Å². The lowest BCUT2D eigenvalue weighted by Crippen LogP contribution is -2.34. The van der Waals surface area contributed by atoms with Gasteiger partial charge in [-0.1, -0.05) is 26.0 Å². The van der Waals surface area contributed by atoms with Crippen molar-refractivity contribution in [3.05, 3.63) is 29.8 Å².